The predicted octanol–water partition coefficient (Wildman–Crippen LogP) is 2.64. The zero-order chi connectivity index (χ0) is 21.2. The molecule has 0 spiro atoms. The Morgan fingerprint density at radius 3 is 2.48 bits per heavy atom. The molecule has 8 nitrogen and oxygen atoms in total. The van der Waals surface area contributed by atoms with Gasteiger partial charge in [-0.3, -0.25) is 0 Å². The third-order valence-electron chi connectivity index (χ3n) is 5.69. The molecule has 2 aromatic heterocycles. The molecule has 0 radical (unpaired) electrons. The van der Waals surface area contributed by atoms with Gasteiger partial charge >= 0.3 is 0 Å². The first kappa shape index (κ1) is 19.3. The number of aromatic nitrogens is 4. The van der Waals surface area contributed by atoms with E-state index in [1.165, 1.54) is 0 Å². The van der Waals surface area contributed by atoms with Gasteiger partial charge in [0.25, 0.3) is 0 Å². The van der Waals surface area contributed by atoms with E-state index in [1.807, 2.05) is 59.4 Å². The van der Waals surface area contributed by atoms with E-state index in [-0.39, 0.29) is 6.61 Å². The molecule has 0 unspecified atom stereocenters. The zero-order valence-electron chi connectivity index (χ0n) is 17.3. The molecule has 4 aromatic rings. The van der Waals surface area contributed by atoms with Crippen molar-refractivity contribution < 1.29 is 9.84 Å². The fourth-order valence-electron chi connectivity index (χ4n) is 4.08. The average Bonchev–Trinajstić information content (AvgIpc) is 3.29. The molecule has 158 valence electrons. The predicted molar refractivity (Wildman–Crippen MR) is 120 cm³/mol. The summed E-state index contributed by atoms with van der Waals surface area (Å²) >= 11 is 0. The van der Waals surface area contributed by atoms with E-state index < -0.39 is 0 Å². The Balaban J connectivity index is 1.40. The fraction of sp³-hybridized carbons (Fsp3) is 0.261. The van der Waals surface area contributed by atoms with Crippen molar-refractivity contribution >= 4 is 22.5 Å². The van der Waals surface area contributed by atoms with Crippen molar-refractivity contribution in [3.05, 3.63) is 66.6 Å². The summed E-state index contributed by atoms with van der Waals surface area (Å²) in [5, 5.41) is 15.0. The SMILES string of the molecule is COc1ccc(CO)cc1N1CCN(c2ncnc3c2cnn3-c2ccccc2)CC1. The highest BCUT2D eigenvalue weighted by molar-refractivity contribution is 5.87. The Hall–Kier alpha value is -3.65. The summed E-state index contributed by atoms with van der Waals surface area (Å²) in [6.45, 7) is 3.29. The molecule has 8 heteroatoms. The fourth-order valence-corrected chi connectivity index (χ4v) is 4.08. The summed E-state index contributed by atoms with van der Waals surface area (Å²) in [5.41, 5.74) is 3.67. The van der Waals surface area contributed by atoms with E-state index in [0.29, 0.717) is 0 Å². The van der Waals surface area contributed by atoms with E-state index >= 15 is 0 Å². The summed E-state index contributed by atoms with van der Waals surface area (Å²) in [7, 11) is 1.68. The second-order valence-electron chi connectivity index (χ2n) is 7.46. The van der Waals surface area contributed by atoms with E-state index in [0.717, 1.165) is 65.7 Å². The number of ether oxygens (including phenoxy) is 1. The molecule has 1 saturated heterocycles. The van der Waals surface area contributed by atoms with Crippen molar-refractivity contribution in [3.63, 3.8) is 0 Å². The normalized spacial score (nSPS) is 14.3. The van der Waals surface area contributed by atoms with Crippen LogP contribution < -0.4 is 14.5 Å². The molecule has 0 amide bonds. The molecular weight excluding hydrogens is 392 g/mol. The van der Waals surface area contributed by atoms with Crippen LogP contribution in [0.2, 0.25) is 0 Å². The maximum atomic E-state index is 9.51. The minimum Gasteiger partial charge on any atom is -0.495 e. The third-order valence-corrected chi connectivity index (χ3v) is 5.69. The minimum atomic E-state index is 0.0152. The molecule has 2 aromatic carbocycles. The van der Waals surface area contributed by atoms with E-state index in [9.17, 15) is 5.11 Å². The van der Waals surface area contributed by atoms with Gasteiger partial charge < -0.3 is 19.6 Å². The van der Waals surface area contributed by atoms with Crippen LogP contribution in [0.4, 0.5) is 11.5 Å². The number of fused-ring (bicyclic) bond motifs is 1. The van der Waals surface area contributed by atoms with Gasteiger partial charge in [0.05, 0.1) is 36.7 Å². The van der Waals surface area contributed by atoms with Crippen LogP contribution in [0, 0.1) is 0 Å². The molecule has 3 heterocycles. The Labute approximate surface area is 180 Å². The molecule has 0 saturated carbocycles. The smallest absolute Gasteiger partial charge is 0.168 e. The molecule has 1 fully saturated rings. The summed E-state index contributed by atoms with van der Waals surface area (Å²) in [6, 6.07) is 15.8. The monoisotopic (exact) mass is 416 g/mol. The summed E-state index contributed by atoms with van der Waals surface area (Å²) in [4.78, 5) is 13.6. The standard InChI is InChI=1S/C23H24N6O2/c1-31-21-8-7-17(15-30)13-20(21)27-9-11-28(12-10-27)22-19-14-26-29(23(19)25-16-24-22)18-5-3-2-4-6-18/h2-8,13-14,16,30H,9-12,15H2,1H3. The number of para-hydroxylation sites is 1. The largest absolute Gasteiger partial charge is 0.495 e. The van der Waals surface area contributed by atoms with Crippen molar-refractivity contribution in [1.82, 2.24) is 19.7 Å². The number of anilines is 2. The Kier molecular flexibility index (Phi) is 5.13. The second-order valence-corrected chi connectivity index (χ2v) is 7.46. The molecule has 1 N–H and O–H groups in total. The van der Waals surface area contributed by atoms with Crippen LogP contribution in [-0.2, 0) is 6.61 Å². The molecule has 0 aliphatic carbocycles. The quantitative estimate of drug-likeness (QED) is 0.536. The number of aliphatic hydroxyl groups excluding tert-OH is 1. The number of nitrogens with zero attached hydrogens (tertiary/aromatic N) is 6. The van der Waals surface area contributed by atoms with Crippen LogP contribution in [0.3, 0.4) is 0 Å². The molecular formula is C23H24N6O2. The van der Waals surface area contributed by atoms with E-state index in [4.69, 9.17) is 4.74 Å². The lowest BCUT2D eigenvalue weighted by molar-refractivity contribution is 0.281. The summed E-state index contributed by atoms with van der Waals surface area (Å²) < 4.78 is 7.39. The van der Waals surface area contributed by atoms with Crippen molar-refractivity contribution in [2.75, 3.05) is 43.1 Å². The molecule has 1 aliphatic rings. The number of benzene rings is 2. The van der Waals surface area contributed by atoms with Gasteiger partial charge in [-0.2, -0.15) is 5.10 Å². The summed E-state index contributed by atoms with van der Waals surface area (Å²) in [5.74, 6) is 1.72. The molecule has 0 atom stereocenters. The van der Waals surface area contributed by atoms with Crippen LogP contribution in [-0.4, -0.2) is 58.1 Å². The first-order valence-corrected chi connectivity index (χ1v) is 10.3. The van der Waals surface area contributed by atoms with Gasteiger partial charge in [-0.25, -0.2) is 14.6 Å². The molecule has 1 aliphatic heterocycles. The van der Waals surface area contributed by atoms with Gasteiger partial charge in [0, 0.05) is 26.2 Å². The maximum Gasteiger partial charge on any atom is 0.168 e. The van der Waals surface area contributed by atoms with Crippen LogP contribution in [0.15, 0.2) is 61.1 Å². The van der Waals surface area contributed by atoms with Crippen molar-refractivity contribution in [2.45, 2.75) is 6.61 Å². The third kappa shape index (κ3) is 3.55. The number of hydrogen-bond donors (Lipinski definition) is 1. The lowest BCUT2D eigenvalue weighted by atomic mass is 10.1. The van der Waals surface area contributed by atoms with Crippen LogP contribution in [0.5, 0.6) is 5.75 Å². The average molecular weight is 416 g/mol. The highest BCUT2D eigenvalue weighted by Gasteiger charge is 2.23. The number of hydrogen-bond acceptors (Lipinski definition) is 7. The lowest BCUT2D eigenvalue weighted by Crippen LogP contribution is -2.47. The highest BCUT2D eigenvalue weighted by Crippen LogP contribution is 2.32. The van der Waals surface area contributed by atoms with Gasteiger partial charge in [0.2, 0.25) is 0 Å². The van der Waals surface area contributed by atoms with Crippen LogP contribution >= 0.6 is 0 Å². The van der Waals surface area contributed by atoms with Crippen LogP contribution in [0.25, 0.3) is 16.7 Å². The first-order valence-electron chi connectivity index (χ1n) is 10.3. The highest BCUT2D eigenvalue weighted by atomic mass is 16.5. The number of methoxy groups -OCH3 is 1. The Morgan fingerprint density at radius 1 is 0.968 bits per heavy atom. The first-order chi connectivity index (χ1) is 15.3. The topological polar surface area (TPSA) is 79.5 Å². The number of aliphatic hydroxyl groups is 1. The molecule has 0 bridgehead atoms. The zero-order valence-corrected chi connectivity index (χ0v) is 17.3. The van der Waals surface area contributed by atoms with Gasteiger partial charge in [-0.1, -0.05) is 24.3 Å². The van der Waals surface area contributed by atoms with Crippen molar-refractivity contribution in [1.29, 1.82) is 0 Å². The second kappa shape index (κ2) is 8.23. The lowest BCUT2D eigenvalue weighted by Gasteiger charge is -2.37. The maximum absolute atomic E-state index is 9.51. The number of rotatable bonds is 5. The van der Waals surface area contributed by atoms with Crippen molar-refractivity contribution in [3.8, 4) is 11.4 Å². The molecule has 5 rings (SSSR count). The van der Waals surface area contributed by atoms with Gasteiger partial charge in [0.1, 0.15) is 17.9 Å². The van der Waals surface area contributed by atoms with Gasteiger partial charge in [-0.05, 0) is 29.8 Å². The number of piperazine rings is 1. The molecule has 31 heavy (non-hydrogen) atoms. The van der Waals surface area contributed by atoms with Gasteiger partial charge in [-0.15, -0.1) is 0 Å². The van der Waals surface area contributed by atoms with Crippen LogP contribution in [0.1, 0.15) is 5.56 Å². The Morgan fingerprint density at radius 2 is 1.74 bits per heavy atom. The van der Waals surface area contributed by atoms with E-state index in [2.05, 4.69) is 24.9 Å². The minimum absolute atomic E-state index is 0.0152. The van der Waals surface area contributed by atoms with Crippen molar-refractivity contribution in [2.24, 2.45) is 0 Å². The van der Waals surface area contributed by atoms with Gasteiger partial charge in [0.15, 0.2) is 5.65 Å². The van der Waals surface area contributed by atoms with E-state index in [1.54, 1.807) is 13.4 Å². The summed E-state index contributed by atoms with van der Waals surface area (Å²) in [6.07, 6.45) is 3.46. The Bertz CT molecular complexity index is 1190.